The number of rotatable bonds is 9. The van der Waals surface area contributed by atoms with E-state index in [1.165, 1.54) is 0 Å². The molecule has 0 aliphatic carbocycles. The molecule has 0 radical (unpaired) electrons. The average Bonchev–Trinajstić information content (AvgIpc) is 2.16. The van der Waals surface area contributed by atoms with E-state index >= 15 is 0 Å². The number of hydrogen-bond donors (Lipinski definition) is 2. The molecule has 1 atom stereocenters. The molecule has 0 aromatic rings. The van der Waals surface area contributed by atoms with Crippen molar-refractivity contribution in [3.63, 3.8) is 0 Å². The van der Waals surface area contributed by atoms with Crippen LogP contribution in [-0.2, 0) is 4.79 Å². The van der Waals surface area contributed by atoms with Crippen LogP contribution in [0, 0.1) is 5.92 Å². The van der Waals surface area contributed by atoms with Crippen LogP contribution >= 0.6 is 0 Å². The van der Waals surface area contributed by atoms with Gasteiger partial charge in [0, 0.05) is 6.54 Å². The van der Waals surface area contributed by atoms with Crippen LogP contribution in [0.1, 0.15) is 40.5 Å². The summed E-state index contributed by atoms with van der Waals surface area (Å²) in [5.41, 5.74) is 4.88. The Hall–Kier alpha value is -0.610. The van der Waals surface area contributed by atoms with E-state index in [-0.39, 0.29) is 5.91 Å². The zero-order valence-electron chi connectivity index (χ0n) is 12.0. The molecule has 1 unspecified atom stereocenters. The van der Waals surface area contributed by atoms with Crippen molar-refractivity contribution in [1.82, 2.24) is 10.2 Å². The summed E-state index contributed by atoms with van der Waals surface area (Å²) in [6.07, 6.45) is 1.77. The van der Waals surface area contributed by atoms with Gasteiger partial charge in [0.25, 0.3) is 0 Å². The Morgan fingerprint density at radius 3 is 2.47 bits per heavy atom. The molecule has 0 rings (SSSR count). The van der Waals surface area contributed by atoms with Crippen molar-refractivity contribution < 1.29 is 4.79 Å². The average molecular weight is 243 g/mol. The van der Waals surface area contributed by atoms with E-state index in [1.807, 2.05) is 13.8 Å². The second-order valence-corrected chi connectivity index (χ2v) is 5.49. The van der Waals surface area contributed by atoms with Crippen LogP contribution in [0.5, 0.6) is 0 Å². The largest absolute Gasteiger partial charge is 0.368 e. The van der Waals surface area contributed by atoms with Crippen LogP contribution in [-0.4, -0.2) is 43.0 Å². The summed E-state index contributed by atoms with van der Waals surface area (Å²) in [6.45, 7) is 11.2. The number of nitrogens with zero attached hydrogens (tertiary/aromatic N) is 1. The monoisotopic (exact) mass is 243 g/mol. The zero-order valence-corrected chi connectivity index (χ0v) is 12.0. The van der Waals surface area contributed by atoms with Gasteiger partial charge < -0.3 is 16.0 Å². The van der Waals surface area contributed by atoms with Crippen molar-refractivity contribution in [3.05, 3.63) is 0 Å². The molecule has 0 fully saturated rings. The van der Waals surface area contributed by atoms with Gasteiger partial charge in [-0.1, -0.05) is 20.8 Å². The number of carbonyl (C=O) groups excluding carboxylic acids is 1. The SMILES string of the molecule is CCNC(C)(CCCN(C)CC(C)C)C(N)=O. The zero-order chi connectivity index (χ0) is 13.5. The second-order valence-electron chi connectivity index (χ2n) is 5.49. The van der Waals surface area contributed by atoms with E-state index in [2.05, 4.69) is 31.1 Å². The fourth-order valence-electron chi connectivity index (χ4n) is 2.11. The van der Waals surface area contributed by atoms with Crippen LogP contribution in [0.3, 0.4) is 0 Å². The van der Waals surface area contributed by atoms with E-state index in [4.69, 9.17) is 5.73 Å². The molecule has 1 amide bonds. The van der Waals surface area contributed by atoms with Crippen molar-refractivity contribution in [1.29, 1.82) is 0 Å². The Labute approximate surface area is 106 Å². The first kappa shape index (κ1) is 16.4. The summed E-state index contributed by atoms with van der Waals surface area (Å²) in [6, 6.07) is 0. The lowest BCUT2D eigenvalue weighted by molar-refractivity contribution is -0.124. The van der Waals surface area contributed by atoms with Gasteiger partial charge in [0.15, 0.2) is 0 Å². The smallest absolute Gasteiger partial charge is 0.237 e. The van der Waals surface area contributed by atoms with Crippen molar-refractivity contribution in [3.8, 4) is 0 Å². The lowest BCUT2D eigenvalue weighted by atomic mass is 9.94. The van der Waals surface area contributed by atoms with Gasteiger partial charge in [0.2, 0.25) is 5.91 Å². The number of carbonyl (C=O) groups is 1. The molecule has 0 heterocycles. The van der Waals surface area contributed by atoms with Gasteiger partial charge in [-0.15, -0.1) is 0 Å². The molecule has 3 N–H and O–H groups in total. The molecular weight excluding hydrogens is 214 g/mol. The highest BCUT2D eigenvalue weighted by Crippen LogP contribution is 2.12. The molecule has 0 aliphatic heterocycles. The minimum absolute atomic E-state index is 0.258. The van der Waals surface area contributed by atoms with Crippen LogP contribution in [0.15, 0.2) is 0 Å². The predicted octanol–water partition coefficient (Wildman–Crippen LogP) is 1.21. The molecule has 0 aliphatic rings. The molecule has 17 heavy (non-hydrogen) atoms. The Bertz CT molecular complexity index is 231. The molecule has 4 heteroatoms. The molecular formula is C13H29N3O. The normalized spacial score (nSPS) is 15.2. The van der Waals surface area contributed by atoms with Crippen LogP contribution in [0.4, 0.5) is 0 Å². The Morgan fingerprint density at radius 1 is 1.47 bits per heavy atom. The van der Waals surface area contributed by atoms with Crippen molar-refractivity contribution in [2.24, 2.45) is 11.7 Å². The van der Waals surface area contributed by atoms with Gasteiger partial charge in [0.05, 0.1) is 5.54 Å². The van der Waals surface area contributed by atoms with E-state index in [0.717, 1.165) is 32.5 Å². The molecule has 0 aromatic carbocycles. The molecule has 0 saturated heterocycles. The Kier molecular flexibility index (Phi) is 7.39. The standard InChI is InChI=1S/C13H29N3O/c1-6-15-13(4,12(14)17)8-7-9-16(5)10-11(2)3/h11,15H,6-10H2,1-5H3,(H2,14,17). The highest BCUT2D eigenvalue weighted by atomic mass is 16.1. The third kappa shape index (κ3) is 6.64. The first-order valence-electron chi connectivity index (χ1n) is 6.55. The quantitative estimate of drug-likeness (QED) is 0.640. The van der Waals surface area contributed by atoms with Crippen molar-refractivity contribution >= 4 is 5.91 Å². The topological polar surface area (TPSA) is 58.4 Å². The van der Waals surface area contributed by atoms with Gasteiger partial charge in [-0.3, -0.25) is 4.79 Å². The van der Waals surface area contributed by atoms with Crippen LogP contribution < -0.4 is 11.1 Å². The lowest BCUT2D eigenvalue weighted by Gasteiger charge is -2.28. The number of likely N-dealkylation sites (N-methyl/N-ethyl adjacent to an activating group) is 1. The maximum absolute atomic E-state index is 11.4. The Balaban J connectivity index is 4.02. The maximum atomic E-state index is 11.4. The van der Waals surface area contributed by atoms with Gasteiger partial charge in [-0.2, -0.15) is 0 Å². The lowest BCUT2D eigenvalue weighted by Crippen LogP contribution is -2.53. The van der Waals surface area contributed by atoms with Gasteiger partial charge in [0.1, 0.15) is 0 Å². The van der Waals surface area contributed by atoms with Gasteiger partial charge >= 0.3 is 0 Å². The summed E-state index contributed by atoms with van der Waals surface area (Å²) in [4.78, 5) is 13.7. The second kappa shape index (κ2) is 7.67. The van der Waals surface area contributed by atoms with Crippen molar-refractivity contribution in [2.75, 3.05) is 26.7 Å². The first-order chi connectivity index (χ1) is 7.81. The van der Waals surface area contributed by atoms with E-state index < -0.39 is 5.54 Å². The van der Waals surface area contributed by atoms with Crippen LogP contribution in [0.2, 0.25) is 0 Å². The molecule has 4 nitrogen and oxygen atoms in total. The van der Waals surface area contributed by atoms with Crippen molar-refractivity contribution in [2.45, 2.75) is 46.1 Å². The van der Waals surface area contributed by atoms with E-state index in [0.29, 0.717) is 5.92 Å². The third-order valence-electron chi connectivity index (χ3n) is 3.00. The number of amides is 1. The number of hydrogen-bond acceptors (Lipinski definition) is 3. The summed E-state index contributed by atoms with van der Waals surface area (Å²) < 4.78 is 0. The van der Waals surface area contributed by atoms with Crippen LogP contribution in [0.25, 0.3) is 0 Å². The summed E-state index contributed by atoms with van der Waals surface area (Å²) >= 11 is 0. The summed E-state index contributed by atoms with van der Waals surface area (Å²) in [5, 5.41) is 3.18. The fourth-order valence-corrected chi connectivity index (χ4v) is 2.11. The van der Waals surface area contributed by atoms with Gasteiger partial charge in [-0.05, 0) is 45.8 Å². The number of nitrogens with two attached hydrogens (primary N) is 1. The first-order valence-corrected chi connectivity index (χ1v) is 6.55. The third-order valence-corrected chi connectivity index (χ3v) is 3.00. The van der Waals surface area contributed by atoms with E-state index in [1.54, 1.807) is 0 Å². The molecule has 0 saturated carbocycles. The number of primary amides is 1. The minimum Gasteiger partial charge on any atom is -0.368 e. The van der Waals surface area contributed by atoms with E-state index in [9.17, 15) is 4.79 Å². The van der Waals surface area contributed by atoms with Gasteiger partial charge in [-0.25, -0.2) is 0 Å². The highest BCUT2D eigenvalue weighted by molar-refractivity contribution is 5.84. The highest BCUT2D eigenvalue weighted by Gasteiger charge is 2.29. The number of nitrogens with one attached hydrogen (secondary N) is 1. The Morgan fingerprint density at radius 2 is 2.06 bits per heavy atom. The fraction of sp³-hybridized carbons (Fsp3) is 0.923. The molecule has 0 spiro atoms. The summed E-state index contributed by atoms with van der Waals surface area (Å²) in [7, 11) is 2.12. The molecule has 102 valence electrons. The predicted molar refractivity (Wildman–Crippen MR) is 72.8 cm³/mol. The maximum Gasteiger partial charge on any atom is 0.237 e. The minimum atomic E-state index is -0.562. The summed E-state index contributed by atoms with van der Waals surface area (Å²) in [5.74, 6) is 0.419. The molecule has 0 bridgehead atoms. The molecule has 0 aromatic heterocycles.